The van der Waals surface area contributed by atoms with E-state index in [0.717, 1.165) is 6.54 Å². The van der Waals surface area contributed by atoms with Gasteiger partial charge in [0.05, 0.1) is 12.2 Å². The van der Waals surface area contributed by atoms with E-state index in [2.05, 4.69) is 34.2 Å². The highest BCUT2D eigenvalue weighted by Crippen LogP contribution is 2.25. The predicted octanol–water partition coefficient (Wildman–Crippen LogP) is 1.86. The first kappa shape index (κ1) is 14.8. The largest absolute Gasteiger partial charge is 0.335 e. The Morgan fingerprint density at radius 1 is 1.17 bits per heavy atom. The van der Waals surface area contributed by atoms with Gasteiger partial charge in [0.25, 0.3) is 5.91 Å². The van der Waals surface area contributed by atoms with Gasteiger partial charge in [-0.25, -0.2) is 9.50 Å². The summed E-state index contributed by atoms with van der Waals surface area (Å²) < 4.78 is 1.64. The van der Waals surface area contributed by atoms with Gasteiger partial charge in [0, 0.05) is 32.0 Å². The minimum absolute atomic E-state index is 0.00210. The highest BCUT2D eigenvalue weighted by atomic mass is 16.2. The van der Waals surface area contributed by atoms with Gasteiger partial charge in [0.2, 0.25) is 0 Å². The number of carbonyl (C=O) groups excluding carboxylic acids is 1. The second-order valence-corrected chi connectivity index (χ2v) is 6.10. The van der Waals surface area contributed by atoms with E-state index in [4.69, 9.17) is 0 Å². The lowest BCUT2D eigenvalue weighted by Crippen LogP contribution is -2.49. The topological polar surface area (TPSA) is 53.7 Å². The molecule has 3 heterocycles. The van der Waals surface area contributed by atoms with Crippen LogP contribution in [0.25, 0.3) is 5.65 Å². The van der Waals surface area contributed by atoms with Crippen LogP contribution in [0.5, 0.6) is 0 Å². The molecule has 0 N–H and O–H groups in total. The lowest BCUT2D eigenvalue weighted by molar-refractivity contribution is 0.0548. The van der Waals surface area contributed by atoms with Crippen LogP contribution in [0.15, 0.2) is 55.0 Å². The number of hydrogen-bond donors (Lipinski definition) is 0. The molecule has 1 aromatic carbocycles. The maximum atomic E-state index is 13.0. The van der Waals surface area contributed by atoms with Crippen LogP contribution < -0.4 is 0 Å². The fourth-order valence-corrected chi connectivity index (χ4v) is 3.24. The van der Waals surface area contributed by atoms with Crippen LogP contribution in [0.4, 0.5) is 0 Å². The molecule has 2 aromatic heterocycles. The molecule has 0 aliphatic carbocycles. The molecule has 3 aromatic rings. The van der Waals surface area contributed by atoms with Crippen LogP contribution in [-0.2, 0) is 0 Å². The van der Waals surface area contributed by atoms with Gasteiger partial charge in [-0.1, -0.05) is 30.3 Å². The van der Waals surface area contributed by atoms with Gasteiger partial charge in [0.15, 0.2) is 5.65 Å². The fraction of sp³-hybridized carbons (Fsp3) is 0.278. The van der Waals surface area contributed by atoms with Crippen LogP contribution in [0.3, 0.4) is 0 Å². The molecular weight excluding hydrogens is 302 g/mol. The summed E-state index contributed by atoms with van der Waals surface area (Å²) in [7, 11) is 2.11. The smallest absolute Gasteiger partial charge is 0.259 e. The van der Waals surface area contributed by atoms with E-state index in [-0.39, 0.29) is 11.9 Å². The number of hydrogen-bond acceptors (Lipinski definition) is 4. The Hall–Kier alpha value is -2.73. The number of fused-ring (bicyclic) bond motifs is 1. The van der Waals surface area contributed by atoms with Crippen molar-refractivity contribution in [2.45, 2.75) is 6.04 Å². The summed E-state index contributed by atoms with van der Waals surface area (Å²) in [5.74, 6) is -0.00210. The monoisotopic (exact) mass is 321 g/mol. The van der Waals surface area contributed by atoms with Crippen molar-refractivity contribution in [1.82, 2.24) is 24.4 Å². The summed E-state index contributed by atoms with van der Waals surface area (Å²) >= 11 is 0. The van der Waals surface area contributed by atoms with Crippen LogP contribution in [0.1, 0.15) is 22.0 Å². The van der Waals surface area contributed by atoms with Crippen LogP contribution in [-0.4, -0.2) is 57.0 Å². The first-order valence-corrected chi connectivity index (χ1v) is 8.07. The van der Waals surface area contributed by atoms with Gasteiger partial charge in [-0.3, -0.25) is 9.69 Å². The summed E-state index contributed by atoms with van der Waals surface area (Å²) in [6.45, 7) is 2.23. The molecule has 122 valence electrons. The fourth-order valence-electron chi connectivity index (χ4n) is 3.24. The maximum Gasteiger partial charge on any atom is 0.259 e. The number of carbonyl (C=O) groups is 1. The highest BCUT2D eigenvalue weighted by molar-refractivity contribution is 5.99. The van der Waals surface area contributed by atoms with Crippen molar-refractivity contribution in [3.8, 4) is 0 Å². The van der Waals surface area contributed by atoms with E-state index in [9.17, 15) is 4.79 Å². The summed E-state index contributed by atoms with van der Waals surface area (Å²) in [4.78, 5) is 21.5. The molecule has 0 bridgehead atoms. The van der Waals surface area contributed by atoms with Gasteiger partial charge in [-0.2, -0.15) is 5.10 Å². The molecule has 1 amide bonds. The number of benzene rings is 1. The van der Waals surface area contributed by atoms with Gasteiger partial charge in [-0.05, 0) is 18.7 Å². The minimum atomic E-state index is -0.00210. The lowest BCUT2D eigenvalue weighted by atomic mass is 10.0. The number of amides is 1. The third-order valence-electron chi connectivity index (χ3n) is 4.63. The number of nitrogens with zero attached hydrogens (tertiary/aromatic N) is 5. The number of rotatable bonds is 2. The van der Waals surface area contributed by atoms with Gasteiger partial charge < -0.3 is 4.90 Å². The van der Waals surface area contributed by atoms with Gasteiger partial charge in [-0.15, -0.1) is 0 Å². The number of likely N-dealkylation sites (N-methyl/N-ethyl adjacent to an activating group) is 1. The van der Waals surface area contributed by atoms with Crippen molar-refractivity contribution in [2.24, 2.45) is 0 Å². The van der Waals surface area contributed by atoms with Crippen molar-refractivity contribution in [1.29, 1.82) is 0 Å². The van der Waals surface area contributed by atoms with Gasteiger partial charge >= 0.3 is 0 Å². The number of piperazine rings is 1. The lowest BCUT2D eigenvalue weighted by Gasteiger charge is -2.39. The zero-order chi connectivity index (χ0) is 16.5. The van der Waals surface area contributed by atoms with E-state index in [1.54, 1.807) is 29.2 Å². The minimum Gasteiger partial charge on any atom is -0.335 e. The summed E-state index contributed by atoms with van der Waals surface area (Å²) in [6.07, 6.45) is 5.10. The molecule has 1 saturated heterocycles. The Labute approximate surface area is 140 Å². The third kappa shape index (κ3) is 2.55. The Bertz CT molecular complexity index is 860. The zero-order valence-corrected chi connectivity index (χ0v) is 13.5. The first-order valence-electron chi connectivity index (χ1n) is 8.07. The van der Waals surface area contributed by atoms with Crippen LogP contribution in [0.2, 0.25) is 0 Å². The normalized spacial score (nSPS) is 18.9. The molecule has 1 aliphatic rings. The second-order valence-electron chi connectivity index (χ2n) is 6.10. The van der Waals surface area contributed by atoms with Gasteiger partial charge in [0.1, 0.15) is 5.56 Å². The average Bonchev–Trinajstić information content (AvgIpc) is 3.06. The molecule has 1 aliphatic heterocycles. The predicted molar refractivity (Wildman–Crippen MR) is 90.7 cm³/mol. The van der Waals surface area contributed by atoms with Crippen molar-refractivity contribution in [3.63, 3.8) is 0 Å². The van der Waals surface area contributed by atoms with E-state index < -0.39 is 0 Å². The van der Waals surface area contributed by atoms with Crippen LogP contribution >= 0.6 is 0 Å². The molecule has 4 rings (SSSR count). The summed E-state index contributed by atoms with van der Waals surface area (Å²) in [6, 6.07) is 12.3. The molecule has 0 spiro atoms. The third-order valence-corrected chi connectivity index (χ3v) is 4.63. The first-order chi connectivity index (χ1) is 11.7. The van der Waals surface area contributed by atoms with E-state index in [1.165, 1.54) is 5.56 Å². The molecule has 6 nitrogen and oxygen atoms in total. The van der Waals surface area contributed by atoms with E-state index in [0.29, 0.717) is 24.3 Å². The molecule has 1 fully saturated rings. The SMILES string of the molecule is CN1CCN(C(=O)c2cnn3cccnc23)C[C@H]1c1ccccc1. The molecule has 6 heteroatoms. The molecule has 0 unspecified atom stereocenters. The maximum absolute atomic E-state index is 13.0. The van der Waals surface area contributed by atoms with E-state index >= 15 is 0 Å². The van der Waals surface area contributed by atoms with E-state index in [1.807, 2.05) is 23.1 Å². The van der Waals surface area contributed by atoms with Crippen molar-refractivity contribution in [2.75, 3.05) is 26.7 Å². The number of aromatic nitrogens is 3. The average molecular weight is 321 g/mol. The Balaban J connectivity index is 1.61. The Morgan fingerprint density at radius 3 is 2.83 bits per heavy atom. The summed E-state index contributed by atoms with van der Waals surface area (Å²) in [5, 5.41) is 4.22. The van der Waals surface area contributed by atoms with Crippen LogP contribution in [0, 0.1) is 0 Å². The standard InChI is InChI=1S/C18H19N5O/c1-21-10-11-22(13-16(21)14-6-3-2-4-7-14)18(24)15-12-20-23-9-5-8-19-17(15)23/h2-9,12,16H,10-11,13H2,1H3/t16-/m0/s1. The molecule has 0 saturated carbocycles. The second kappa shape index (κ2) is 6.05. The summed E-state index contributed by atoms with van der Waals surface area (Å²) in [5.41, 5.74) is 2.40. The van der Waals surface area contributed by atoms with Crippen molar-refractivity contribution < 1.29 is 4.79 Å². The quantitative estimate of drug-likeness (QED) is 0.723. The Morgan fingerprint density at radius 2 is 2.00 bits per heavy atom. The highest BCUT2D eigenvalue weighted by Gasteiger charge is 2.30. The molecule has 0 radical (unpaired) electrons. The molecule has 24 heavy (non-hydrogen) atoms. The molecular formula is C18H19N5O. The van der Waals surface area contributed by atoms with Crippen molar-refractivity contribution >= 4 is 11.6 Å². The Kier molecular flexibility index (Phi) is 3.74. The zero-order valence-electron chi connectivity index (χ0n) is 13.5. The molecule has 1 atom stereocenters. The van der Waals surface area contributed by atoms with Crippen molar-refractivity contribution in [3.05, 3.63) is 66.1 Å².